The fourth-order valence-electron chi connectivity index (χ4n) is 2.93. The molecule has 3 aromatic carbocycles. The van der Waals surface area contributed by atoms with Crippen LogP contribution in [0.2, 0.25) is 0 Å². The minimum atomic E-state index is -0.724. The second-order valence-corrected chi connectivity index (χ2v) is 7.07. The highest BCUT2D eigenvalue weighted by molar-refractivity contribution is 6.09. The Morgan fingerprint density at radius 3 is 2.43 bits per heavy atom. The van der Waals surface area contributed by atoms with E-state index in [1.807, 2.05) is 6.07 Å². The number of nitriles is 1. The van der Waals surface area contributed by atoms with Crippen LogP contribution in [0.15, 0.2) is 78.4 Å². The summed E-state index contributed by atoms with van der Waals surface area (Å²) >= 11 is 0. The van der Waals surface area contributed by atoms with Crippen molar-refractivity contribution < 1.29 is 24.0 Å². The summed E-state index contributed by atoms with van der Waals surface area (Å²) in [6.07, 6.45) is 1.34. The number of nitro benzene ring substituents is 1. The summed E-state index contributed by atoms with van der Waals surface area (Å²) in [6.45, 7) is -0.252. The van der Waals surface area contributed by atoms with E-state index in [1.165, 1.54) is 30.3 Å². The van der Waals surface area contributed by atoms with Crippen molar-refractivity contribution in [2.75, 3.05) is 24.4 Å². The summed E-state index contributed by atoms with van der Waals surface area (Å²) in [5.74, 6) is -0.0667. The summed E-state index contributed by atoms with van der Waals surface area (Å²) in [5.41, 5.74) is 0.857. The van der Waals surface area contributed by atoms with Crippen molar-refractivity contribution in [3.05, 3.63) is 94.0 Å². The van der Waals surface area contributed by atoms with Crippen LogP contribution in [-0.2, 0) is 9.59 Å². The highest BCUT2D eigenvalue weighted by Gasteiger charge is 2.12. The number of anilines is 2. The fourth-order valence-corrected chi connectivity index (χ4v) is 2.93. The Morgan fingerprint density at radius 1 is 1.00 bits per heavy atom. The monoisotopic (exact) mass is 472 g/mol. The zero-order valence-corrected chi connectivity index (χ0v) is 18.6. The number of hydrogen-bond donors (Lipinski definition) is 2. The van der Waals surface area contributed by atoms with Gasteiger partial charge in [0.2, 0.25) is 0 Å². The van der Waals surface area contributed by atoms with Crippen molar-refractivity contribution in [1.29, 1.82) is 5.26 Å². The lowest BCUT2D eigenvalue weighted by atomic mass is 10.1. The molecule has 0 spiro atoms. The van der Waals surface area contributed by atoms with Crippen molar-refractivity contribution in [3.8, 4) is 17.6 Å². The molecule has 0 atom stereocenters. The van der Waals surface area contributed by atoms with Gasteiger partial charge in [-0.1, -0.05) is 18.2 Å². The smallest absolute Gasteiger partial charge is 0.271 e. The zero-order chi connectivity index (χ0) is 25.2. The molecule has 0 bridgehead atoms. The molecule has 2 N–H and O–H groups in total. The molecule has 0 radical (unpaired) electrons. The molecule has 0 aliphatic heterocycles. The number of hydrogen-bond acceptors (Lipinski definition) is 7. The van der Waals surface area contributed by atoms with Gasteiger partial charge in [-0.3, -0.25) is 19.7 Å². The first-order valence-corrected chi connectivity index (χ1v) is 10.2. The molecule has 35 heavy (non-hydrogen) atoms. The van der Waals surface area contributed by atoms with Crippen LogP contribution in [-0.4, -0.2) is 30.5 Å². The van der Waals surface area contributed by atoms with Gasteiger partial charge in [0.1, 0.15) is 23.1 Å². The highest BCUT2D eigenvalue weighted by Crippen LogP contribution is 2.20. The van der Waals surface area contributed by atoms with Crippen LogP contribution in [0, 0.1) is 21.4 Å². The van der Waals surface area contributed by atoms with Gasteiger partial charge in [-0.15, -0.1) is 0 Å². The lowest BCUT2D eigenvalue weighted by Gasteiger charge is -2.09. The number of benzene rings is 3. The number of amides is 2. The summed E-state index contributed by atoms with van der Waals surface area (Å²) in [6, 6.07) is 20.5. The lowest BCUT2D eigenvalue weighted by molar-refractivity contribution is -0.384. The normalized spacial score (nSPS) is 10.6. The molecule has 176 valence electrons. The summed E-state index contributed by atoms with van der Waals surface area (Å²) < 4.78 is 10.6. The van der Waals surface area contributed by atoms with Gasteiger partial charge in [-0.2, -0.15) is 5.26 Å². The molecule has 3 rings (SSSR count). The van der Waals surface area contributed by atoms with E-state index < -0.39 is 10.8 Å². The van der Waals surface area contributed by atoms with Crippen LogP contribution in [0.4, 0.5) is 17.1 Å². The Bertz CT molecular complexity index is 1310. The molecule has 10 heteroatoms. The topological polar surface area (TPSA) is 144 Å². The Balaban J connectivity index is 1.63. The van der Waals surface area contributed by atoms with Crippen LogP contribution < -0.4 is 20.1 Å². The molecule has 10 nitrogen and oxygen atoms in total. The maximum Gasteiger partial charge on any atom is 0.271 e. The van der Waals surface area contributed by atoms with Gasteiger partial charge in [-0.05, 0) is 54.1 Å². The summed E-state index contributed by atoms with van der Waals surface area (Å²) in [4.78, 5) is 35.0. The van der Waals surface area contributed by atoms with Crippen molar-refractivity contribution in [1.82, 2.24) is 0 Å². The molecule has 0 heterocycles. The molecule has 2 amide bonds. The number of nitro groups is 1. The van der Waals surface area contributed by atoms with Crippen molar-refractivity contribution in [3.63, 3.8) is 0 Å². The Kier molecular flexibility index (Phi) is 8.13. The average molecular weight is 472 g/mol. The molecule has 0 saturated carbocycles. The maximum absolute atomic E-state index is 12.5. The summed E-state index contributed by atoms with van der Waals surface area (Å²) in [7, 11) is 1.55. The average Bonchev–Trinajstić information content (AvgIpc) is 2.87. The number of nitrogens with zero attached hydrogens (tertiary/aromatic N) is 2. The Labute approximate surface area is 200 Å². The number of methoxy groups -OCH3 is 1. The summed E-state index contributed by atoms with van der Waals surface area (Å²) in [5, 5.41) is 25.5. The van der Waals surface area contributed by atoms with Crippen LogP contribution in [0.25, 0.3) is 6.08 Å². The van der Waals surface area contributed by atoms with E-state index in [-0.39, 0.29) is 29.5 Å². The fraction of sp³-hybridized carbons (Fsp3) is 0.0800. The van der Waals surface area contributed by atoms with Gasteiger partial charge in [0.05, 0.1) is 12.0 Å². The molecular weight excluding hydrogens is 452 g/mol. The van der Waals surface area contributed by atoms with Crippen molar-refractivity contribution in [2.45, 2.75) is 0 Å². The first-order chi connectivity index (χ1) is 16.9. The third-order valence-electron chi connectivity index (χ3n) is 4.59. The first kappa shape index (κ1) is 24.5. The third kappa shape index (κ3) is 7.16. The van der Waals surface area contributed by atoms with Gasteiger partial charge in [-0.25, -0.2) is 0 Å². The van der Waals surface area contributed by atoms with E-state index in [2.05, 4.69) is 10.6 Å². The number of carbonyl (C=O) groups is 2. The van der Waals surface area contributed by atoms with Crippen LogP contribution in [0.3, 0.4) is 0 Å². The van der Waals surface area contributed by atoms with Crippen molar-refractivity contribution in [2.24, 2.45) is 0 Å². The van der Waals surface area contributed by atoms with Crippen molar-refractivity contribution >= 4 is 35.0 Å². The number of rotatable bonds is 9. The number of nitrogens with one attached hydrogen (secondary N) is 2. The van der Waals surface area contributed by atoms with Gasteiger partial charge in [0, 0.05) is 23.5 Å². The zero-order valence-electron chi connectivity index (χ0n) is 18.6. The SMILES string of the molecule is COc1ccc(NC(=O)COc2cccc(C=C(C#N)C(=O)Nc3cccc([N+](=O)[O-])c3)c2)cc1. The Morgan fingerprint density at radius 2 is 1.74 bits per heavy atom. The largest absolute Gasteiger partial charge is 0.497 e. The molecule has 0 saturated heterocycles. The third-order valence-corrected chi connectivity index (χ3v) is 4.59. The Hall–Kier alpha value is -5.17. The minimum absolute atomic E-state index is 0.185. The van der Waals surface area contributed by atoms with E-state index in [0.29, 0.717) is 22.7 Å². The first-order valence-electron chi connectivity index (χ1n) is 10.2. The predicted octanol–water partition coefficient (Wildman–Crippen LogP) is 4.17. The van der Waals surface area contributed by atoms with Gasteiger partial charge >= 0.3 is 0 Å². The van der Waals surface area contributed by atoms with E-state index in [0.717, 1.165) is 0 Å². The number of ether oxygens (including phenoxy) is 2. The van der Waals surface area contributed by atoms with E-state index in [9.17, 15) is 25.0 Å². The quantitative estimate of drug-likeness (QED) is 0.206. The van der Waals surface area contributed by atoms with Crippen LogP contribution in [0.5, 0.6) is 11.5 Å². The predicted molar refractivity (Wildman–Crippen MR) is 129 cm³/mol. The van der Waals surface area contributed by atoms with E-state index in [4.69, 9.17) is 9.47 Å². The van der Waals surface area contributed by atoms with Gasteiger partial charge in [0.25, 0.3) is 17.5 Å². The highest BCUT2D eigenvalue weighted by atomic mass is 16.6. The van der Waals surface area contributed by atoms with Crippen LogP contribution >= 0.6 is 0 Å². The molecular formula is C25H20N4O6. The molecule has 0 aromatic heterocycles. The van der Waals surface area contributed by atoms with E-state index >= 15 is 0 Å². The lowest BCUT2D eigenvalue weighted by Crippen LogP contribution is -2.20. The molecule has 0 aliphatic carbocycles. The number of non-ortho nitro benzene ring substituents is 1. The second kappa shape index (κ2) is 11.6. The second-order valence-electron chi connectivity index (χ2n) is 7.07. The standard InChI is InChI=1S/C25H20N4O6/c1-34-22-10-8-19(9-11-22)27-24(30)16-35-23-7-2-4-17(13-23)12-18(15-26)25(31)28-20-5-3-6-21(14-20)29(32)33/h2-14H,16H2,1H3,(H,27,30)(H,28,31). The molecule has 0 fully saturated rings. The molecule has 0 unspecified atom stereocenters. The van der Waals surface area contributed by atoms with Gasteiger partial charge < -0.3 is 20.1 Å². The number of carbonyl (C=O) groups excluding carboxylic acids is 2. The van der Waals surface area contributed by atoms with Crippen LogP contribution in [0.1, 0.15) is 5.56 Å². The van der Waals surface area contributed by atoms with Gasteiger partial charge in [0.15, 0.2) is 6.61 Å². The van der Waals surface area contributed by atoms with E-state index in [1.54, 1.807) is 55.6 Å². The molecule has 3 aromatic rings. The molecule has 0 aliphatic rings. The maximum atomic E-state index is 12.5. The minimum Gasteiger partial charge on any atom is -0.497 e.